The number of para-hydroxylation sites is 1. The van der Waals surface area contributed by atoms with Crippen LogP contribution in [0.3, 0.4) is 0 Å². The van der Waals surface area contributed by atoms with Crippen molar-refractivity contribution in [1.29, 1.82) is 0 Å². The molecule has 0 aliphatic carbocycles. The predicted octanol–water partition coefficient (Wildman–Crippen LogP) is 4.29. The number of hydrogen-bond donors (Lipinski definition) is 3. The molecule has 0 aliphatic heterocycles. The molecule has 3 N–H and O–H groups in total. The number of aliphatic hydroxyl groups is 1. The van der Waals surface area contributed by atoms with Gasteiger partial charge in [-0.05, 0) is 54.6 Å². The number of aromatic nitrogens is 1. The van der Waals surface area contributed by atoms with Crippen LogP contribution in [0.2, 0.25) is 0 Å². The van der Waals surface area contributed by atoms with E-state index >= 15 is 0 Å². The summed E-state index contributed by atoms with van der Waals surface area (Å²) in [7, 11) is -1.59. The summed E-state index contributed by atoms with van der Waals surface area (Å²) in [5.41, 5.74) is 2.45. The Labute approximate surface area is 223 Å². The molecular weight excluding hydrogens is 532 g/mol. The zero-order valence-electron chi connectivity index (χ0n) is 20.1. The number of carbonyl (C=O) groups is 1. The Hall–Kier alpha value is -2.96. The molecule has 0 saturated heterocycles. The van der Waals surface area contributed by atoms with Crippen molar-refractivity contribution in [3.05, 3.63) is 72.8 Å². The first-order valence-electron chi connectivity index (χ1n) is 11.3. The van der Waals surface area contributed by atoms with Gasteiger partial charge >= 0.3 is 5.97 Å². The maximum Gasteiger partial charge on any atom is 0.340 e. The third-order valence-electron chi connectivity index (χ3n) is 5.99. The fourth-order valence-electron chi connectivity index (χ4n) is 3.94. The molecule has 2 atom stereocenters. The van der Waals surface area contributed by atoms with Crippen molar-refractivity contribution in [3.63, 3.8) is 0 Å². The lowest BCUT2D eigenvalue weighted by Gasteiger charge is -2.30. The number of nitrogens with zero attached hydrogens (tertiary/aromatic N) is 1. The highest BCUT2D eigenvalue weighted by atomic mass is 32.2. The molecule has 0 aliphatic rings. The van der Waals surface area contributed by atoms with Crippen LogP contribution in [-0.4, -0.2) is 60.5 Å². The van der Waals surface area contributed by atoms with Crippen molar-refractivity contribution in [2.75, 3.05) is 19.9 Å². The van der Waals surface area contributed by atoms with Gasteiger partial charge in [-0.25, -0.2) is 18.2 Å². The second-order valence-electron chi connectivity index (χ2n) is 8.25. The Morgan fingerprint density at radius 2 is 1.70 bits per heavy atom. The lowest BCUT2D eigenvalue weighted by atomic mass is 10.1. The van der Waals surface area contributed by atoms with Gasteiger partial charge in [0.1, 0.15) is 5.75 Å². The number of hydrogen-bond acceptors (Lipinski definition) is 9. The summed E-state index contributed by atoms with van der Waals surface area (Å²) in [6.07, 6.45) is -1.77. The lowest BCUT2D eigenvalue weighted by molar-refractivity contribution is -0.142. The molecule has 11 heteroatoms. The Morgan fingerprint density at radius 3 is 2.27 bits per heavy atom. The predicted molar refractivity (Wildman–Crippen MR) is 146 cm³/mol. The maximum atomic E-state index is 13.6. The van der Waals surface area contributed by atoms with Gasteiger partial charge in [0.05, 0.1) is 28.3 Å². The summed E-state index contributed by atoms with van der Waals surface area (Å²) >= 11 is 2.72. The molecule has 8 nitrogen and oxygen atoms in total. The van der Waals surface area contributed by atoms with Crippen molar-refractivity contribution in [2.45, 2.75) is 26.6 Å². The molecule has 37 heavy (non-hydrogen) atoms. The number of thiazole rings is 1. The molecule has 0 amide bonds. The molecule has 3 aromatic carbocycles. The van der Waals surface area contributed by atoms with Crippen LogP contribution in [0.4, 0.5) is 0 Å². The highest BCUT2D eigenvalue weighted by Crippen LogP contribution is 2.34. The van der Waals surface area contributed by atoms with Crippen molar-refractivity contribution in [1.82, 2.24) is 10.3 Å². The molecule has 0 saturated carbocycles. The zero-order valence-corrected chi connectivity index (χ0v) is 22.6. The van der Waals surface area contributed by atoms with Crippen LogP contribution in [-0.2, 0) is 14.6 Å². The van der Waals surface area contributed by atoms with Gasteiger partial charge in [-0.15, -0.1) is 11.3 Å². The van der Waals surface area contributed by atoms with Crippen LogP contribution in [0.25, 0.3) is 21.3 Å². The van der Waals surface area contributed by atoms with E-state index in [0.717, 1.165) is 21.3 Å². The van der Waals surface area contributed by atoms with Gasteiger partial charge in [-0.2, -0.15) is 0 Å². The molecule has 0 spiro atoms. The highest BCUT2D eigenvalue weighted by molar-refractivity contribution is 8.01. The summed E-state index contributed by atoms with van der Waals surface area (Å²) in [6, 6.07) is 20.9. The van der Waals surface area contributed by atoms with Gasteiger partial charge in [0.15, 0.2) is 4.34 Å². The van der Waals surface area contributed by atoms with Crippen LogP contribution < -0.4 is 10.1 Å². The van der Waals surface area contributed by atoms with E-state index in [1.54, 1.807) is 31.4 Å². The third-order valence-corrected chi connectivity index (χ3v) is 10.7. The third kappa shape index (κ3) is 5.51. The van der Waals surface area contributed by atoms with Crippen molar-refractivity contribution in [3.8, 4) is 16.9 Å². The first kappa shape index (κ1) is 27.1. The van der Waals surface area contributed by atoms with Crippen molar-refractivity contribution < 1.29 is 28.2 Å². The minimum absolute atomic E-state index is 0.0858. The number of aliphatic hydroxyl groups excluding tert-OH is 1. The number of thioether (sulfide) groups is 1. The van der Waals surface area contributed by atoms with Crippen LogP contribution in [0.1, 0.15) is 6.42 Å². The molecule has 4 rings (SSSR count). The van der Waals surface area contributed by atoms with E-state index < -0.39 is 33.2 Å². The molecule has 194 valence electrons. The van der Waals surface area contributed by atoms with Crippen LogP contribution in [0.15, 0.2) is 82.0 Å². The van der Waals surface area contributed by atoms with E-state index in [0.29, 0.717) is 10.1 Å². The average molecular weight is 559 g/mol. The Balaban J connectivity index is 1.54. The number of sulfone groups is 1. The van der Waals surface area contributed by atoms with Gasteiger partial charge < -0.3 is 14.9 Å². The molecular formula is C26H26N2O6S3. The van der Waals surface area contributed by atoms with E-state index in [4.69, 9.17) is 4.74 Å². The number of fused-ring (bicyclic) bond motifs is 1. The van der Waals surface area contributed by atoms with E-state index in [-0.39, 0.29) is 10.6 Å². The number of benzene rings is 3. The summed E-state index contributed by atoms with van der Waals surface area (Å²) in [5.74, 6) is -0.802. The van der Waals surface area contributed by atoms with Crippen LogP contribution >= 0.6 is 23.1 Å². The SMILES string of the molecule is CNC(CC(O)CSc1nc2ccccc2s1)(C(=O)O)S(=O)(=O)c1ccc(-c2ccc(OC)cc2)cc1. The number of rotatable bonds is 11. The highest BCUT2D eigenvalue weighted by Gasteiger charge is 2.52. The molecule has 1 aromatic heterocycles. The number of ether oxygens (including phenoxy) is 1. The summed E-state index contributed by atoms with van der Waals surface area (Å²) in [6.45, 7) is 0. The first-order valence-corrected chi connectivity index (χ1v) is 14.6. The summed E-state index contributed by atoms with van der Waals surface area (Å²) in [5, 5.41) is 23.3. The van der Waals surface area contributed by atoms with E-state index in [1.165, 1.54) is 42.3 Å². The molecule has 2 unspecified atom stereocenters. The van der Waals surface area contributed by atoms with Crippen LogP contribution in [0.5, 0.6) is 5.75 Å². The fraction of sp³-hybridized carbons (Fsp3) is 0.231. The van der Waals surface area contributed by atoms with Gasteiger partial charge in [-0.1, -0.05) is 48.2 Å². The Kier molecular flexibility index (Phi) is 8.20. The maximum absolute atomic E-state index is 13.6. The molecule has 0 fully saturated rings. The molecule has 0 bridgehead atoms. The second kappa shape index (κ2) is 11.2. The first-order chi connectivity index (χ1) is 17.7. The van der Waals surface area contributed by atoms with Gasteiger partial charge in [0.2, 0.25) is 14.7 Å². The zero-order chi connectivity index (χ0) is 26.6. The standard InChI is InChI=1S/C26H26N2O6S3/c1-27-26(24(30)31,15-19(29)16-35-25-28-22-5-3-4-6-23(22)36-25)37(32,33)21-13-9-18(10-14-21)17-7-11-20(34-2)12-8-17/h3-14,19,27,29H,15-16H2,1-2H3,(H,30,31). The van der Waals surface area contributed by atoms with Crippen LogP contribution in [0, 0.1) is 0 Å². The van der Waals surface area contributed by atoms with Gasteiger partial charge in [-0.3, -0.25) is 5.32 Å². The number of aliphatic carboxylic acids is 1. The largest absolute Gasteiger partial charge is 0.497 e. The monoisotopic (exact) mass is 558 g/mol. The normalized spacial score (nSPS) is 14.2. The number of methoxy groups -OCH3 is 1. The van der Waals surface area contributed by atoms with Crippen molar-refractivity contribution in [2.24, 2.45) is 0 Å². The van der Waals surface area contributed by atoms with E-state index in [1.807, 2.05) is 36.4 Å². The number of carboxylic acids is 1. The minimum Gasteiger partial charge on any atom is -0.497 e. The minimum atomic E-state index is -4.43. The quantitative estimate of drug-likeness (QED) is 0.231. The average Bonchev–Trinajstić information content (AvgIpc) is 3.33. The molecule has 4 aromatic rings. The number of likely N-dealkylation sites (N-methyl/N-ethyl adjacent to an activating group) is 1. The lowest BCUT2D eigenvalue weighted by Crippen LogP contribution is -2.58. The molecule has 0 radical (unpaired) electrons. The summed E-state index contributed by atoms with van der Waals surface area (Å²) in [4.78, 5) is 14.3. The van der Waals surface area contributed by atoms with Crippen molar-refractivity contribution >= 4 is 49.1 Å². The van der Waals surface area contributed by atoms with E-state index in [2.05, 4.69) is 10.3 Å². The smallest absolute Gasteiger partial charge is 0.340 e. The topological polar surface area (TPSA) is 126 Å². The summed E-state index contributed by atoms with van der Waals surface area (Å²) < 4.78 is 34.1. The number of nitrogens with one attached hydrogen (secondary N) is 1. The Bertz CT molecular complexity index is 1450. The Morgan fingerprint density at radius 1 is 1.08 bits per heavy atom. The van der Waals surface area contributed by atoms with E-state index in [9.17, 15) is 23.4 Å². The van der Waals surface area contributed by atoms with Gasteiger partial charge in [0, 0.05) is 12.2 Å². The molecule has 1 heterocycles. The second-order valence-corrected chi connectivity index (χ2v) is 12.7. The fourth-order valence-corrected chi connectivity index (χ4v) is 7.77. The van der Waals surface area contributed by atoms with Gasteiger partial charge in [0.25, 0.3) is 0 Å². The number of carboxylic acid groups (broad SMARTS) is 1.